The van der Waals surface area contributed by atoms with Crippen molar-refractivity contribution in [3.8, 4) is 0 Å². The fourth-order valence-corrected chi connectivity index (χ4v) is 1.81. The summed E-state index contributed by atoms with van der Waals surface area (Å²) in [5.74, 6) is -0.316. The molecule has 0 saturated carbocycles. The van der Waals surface area contributed by atoms with Crippen LogP contribution in [0.15, 0.2) is 18.2 Å². The van der Waals surface area contributed by atoms with Crippen molar-refractivity contribution in [1.82, 2.24) is 10.6 Å². The van der Waals surface area contributed by atoms with E-state index in [0.29, 0.717) is 6.54 Å². The second-order valence-electron chi connectivity index (χ2n) is 3.68. The summed E-state index contributed by atoms with van der Waals surface area (Å²) in [4.78, 5) is 11.6. The van der Waals surface area contributed by atoms with Gasteiger partial charge in [-0.15, -0.1) is 0 Å². The number of aryl methyl sites for hydroxylation is 1. The van der Waals surface area contributed by atoms with Gasteiger partial charge in [-0.3, -0.25) is 4.79 Å². The molecular weight excluding hydrogens is 195 g/mol. The second-order valence-corrected chi connectivity index (χ2v) is 3.68. The number of hydrogen-bond acceptors (Lipinski definition) is 2. The van der Waals surface area contributed by atoms with Gasteiger partial charge in [0.15, 0.2) is 0 Å². The van der Waals surface area contributed by atoms with Crippen molar-refractivity contribution in [2.75, 3.05) is 13.1 Å². The van der Waals surface area contributed by atoms with Gasteiger partial charge in [0.25, 0.3) is 0 Å². The summed E-state index contributed by atoms with van der Waals surface area (Å²) in [6.45, 7) is 3.20. The predicted octanol–water partition coefficient (Wildman–Crippen LogP) is 0.895. The number of hydrogen-bond donors (Lipinski definition) is 2. The lowest BCUT2D eigenvalue weighted by atomic mass is 9.99. The molecule has 0 aliphatic carbocycles. The number of carbonyl (C=O) groups is 1. The topological polar surface area (TPSA) is 41.1 Å². The second kappa shape index (κ2) is 3.98. The van der Waals surface area contributed by atoms with Gasteiger partial charge in [-0.05, 0) is 30.2 Å². The third kappa shape index (κ3) is 1.99. The molecule has 0 bridgehead atoms. The van der Waals surface area contributed by atoms with Crippen molar-refractivity contribution in [3.05, 3.63) is 35.1 Å². The molecule has 2 rings (SSSR count). The van der Waals surface area contributed by atoms with Crippen molar-refractivity contribution in [2.24, 2.45) is 0 Å². The first-order valence-electron chi connectivity index (χ1n) is 4.95. The van der Waals surface area contributed by atoms with E-state index < -0.39 is 0 Å². The Labute approximate surface area is 87.7 Å². The molecule has 1 aliphatic heterocycles. The molecule has 1 amide bonds. The number of nitrogens with one attached hydrogen (secondary N) is 2. The molecule has 4 heteroatoms. The monoisotopic (exact) mass is 208 g/mol. The third-order valence-corrected chi connectivity index (χ3v) is 2.58. The molecule has 0 radical (unpaired) electrons. The average molecular weight is 208 g/mol. The van der Waals surface area contributed by atoms with Gasteiger partial charge >= 0.3 is 0 Å². The quantitative estimate of drug-likeness (QED) is 0.719. The molecule has 1 heterocycles. The Morgan fingerprint density at radius 1 is 1.40 bits per heavy atom. The maximum Gasteiger partial charge on any atom is 0.241 e. The Bertz CT molecular complexity index is 392. The summed E-state index contributed by atoms with van der Waals surface area (Å²) in [5.41, 5.74) is 1.64. The van der Waals surface area contributed by atoms with Crippen molar-refractivity contribution >= 4 is 5.91 Å². The highest BCUT2D eigenvalue weighted by Crippen LogP contribution is 2.19. The van der Waals surface area contributed by atoms with E-state index in [4.69, 9.17) is 0 Å². The number of carbonyl (C=O) groups excluding carboxylic acids is 1. The SMILES string of the molecule is Cc1cc(F)ccc1C1NCCNC1=O. The number of halogens is 1. The lowest BCUT2D eigenvalue weighted by Gasteiger charge is -2.24. The zero-order valence-corrected chi connectivity index (χ0v) is 8.51. The van der Waals surface area contributed by atoms with Crippen LogP contribution < -0.4 is 10.6 Å². The van der Waals surface area contributed by atoms with Crippen LogP contribution in [-0.4, -0.2) is 19.0 Å². The molecular formula is C11H13FN2O. The summed E-state index contributed by atoms with van der Waals surface area (Å²) in [7, 11) is 0. The van der Waals surface area contributed by atoms with Crippen LogP contribution in [0.4, 0.5) is 4.39 Å². The maximum absolute atomic E-state index is 12.9. The van der Waals surface area contributed by atoms with Gasteiger partial charge in [0.2, 0.25) is 5.91 Å². The molecule has 0 aromatic heterocycles. The van der Waals surface area contributed by atoms with E-state index >= 15 is 0 Å². The minimum absolute atomic E-state index is 0.0454. The van der Waals surface area contributed by atoms with E-state index in [1.165, 1.54) is 12.1 Å². The van der Waals surface area contributed by atoms with E-state index in [2.05, 4.69) is 10.6 Å². The summed E-state index contributed by atoms with van der Waals surface area (Å²) >= 11 is 0. The molecule has 1 aliphatic rings. The maximum atomic E-state index is 12.9. The molecule has 80 valence electrons. The summed E-state index contributed by atoms with van der Waals surface area (Å²) in [6.07, 6.45) is 0. The molecule has 1 aromatic rings. The van der Waals surface area contributed by atoms with Crippen molar-refractivity contribution in [1.29, 1.82) is 0 Å². The molecule has 2 N–H and O–H groups in total. The first kappa shape index (κ1) is 10.1. The Balaban J connectivity index is 2.31. The minimum Gasteiger partial charge on any atom is -0.353 e. The lowest BCUT2D eigenvalue weighted by molar-refractivity contribution is -0.124. The highest BCUT2D eigenvalue weighted by molar-refractivity contribution is 5.84. The van der Waals surface area contributed by atoms with Gasteiger partial charge in [0.1, 0.15) is 11.9 Å². The third-order valence-electron chi connectivity index (χ3n) is 2.58. The number of piperazine rings is 1. The van der Waals surface area contributed by atoms with Crippen LogP contribution in [0.3, 0.4) is 0 Å². The average Bonchev–Trinajstić information content (AvgIpc) is 2.20. The Morgan fingerprint density at radius 2 is 2.20 bits per heavy atom. The minimum atomic E-state index is -0.348. The van der Waals surface area contributed by atoms with E-state index in [0.717, 1.165) is 17.7 Å². The normalized spacial score (nSPS) is 21.2. The first-order valence-corrected chi connectivity index (χ1v) is 4.95. The van der Waals surface area contributed by atoms with E-state index in [-0.39, 0.29) is 17.8 Å². The van der Waals surface area contributed by atoms with Gasteiger partial charge in [-0.25, -0.2) is 4.39 Å². The summed E-state index contributed by atoms with van der Waals surface area (Å²) < 4.78 is 12.9. The molecule has 1 saturated heterocycles. The fraction of sp³-hybridized carbons (Fsp3) is 0.364. The standard InChI is InChI=1S/C11H13FN2O/c1-7-6-8(12)2-3-9(7)10-11(15)14-5-4-13-10/h2-3,6,10,13H,4-5H2,1H3,(H,14,15). The van der Waals surface area contributed by atoms with Crippen LogP contribution in [0.2, 0.25) is 0 Å². The predicted molar refractivity (Wildman–Crippen MR) is 54.9 cm³/mol. The molecule has 0 spiro atoms. The Hall–Kier alpha value is -1.42. The number of rotatable bonds is 1. The van der Waals surface area contributed by atoms with Gasteiger partial charge in [0.05, 0.1) is 0 Å². The fourth-order valence-electron chi connectivity index (χ4n) is 1.81. The van der Waals surface area contributed by atoms with Crippen molar-refractivity contribution in [2.45, 2.75) is 13.0 Å². The Morgan fingerprint density at radius 3 is 2.87 bits per heavy atom. The van der Waals surface area contributed by atoms with Gasteiger partial charge in [0, 0.05) is 13.1 Å². The van der Waals surface area contributed by atoms with E-state index in [1.807, 2.05) is 6.92 Å². The molecule has 1 atom stereocenters. The Kier molecular flexibility index (Phi) is 2.68. The van der Waals surface area contributed by atoms with Crippen LogP contribution in [0.1, 0.15) is 17.2 Å². The number of benzene rings is 1. The summed E-state index contributed by atoms with van der Waals surface area (Å²) in [6, 6.07) is 4.14. The van der Waals surface area contributed by atoms with Crippen LogP contribution in [0.25, 0.3) is 0 Å². The molecule has 1 aromatic carbocycles. The van der Waals surface area contributed by atoms with Crippen molar-refractivity contribution in [3.63, 3.8) is 0 Å². The smallest absolute Gasteiger partial charge is 0.241 e. The largest absolute Gasteiger partial charge is 0.353 e. The molecule has 3 nitrogen and oxygen atoms in total. The zero-order valence-electron chi connectivity index (χ0n) is 8.51. The van der Waals surface area contributed by atoms with E-state index in [9.17, 15) is 9.18 Å². The highest BCUT2D eigenvalue weighted by Gasteiger charge is 2.24. The molecule has 1 fully saturated rings. The molecule has 15 heavy (non-hydrogen) atoms. The highest BCUT2D eigenvalue weighted by atomic mass is 19.1. The first-order chi connectivity index (χ1) is 7.18. The van der Waals surface area contributed by atoms with Crippen LogP contribution in [0.5, 0.6) is 0 Å². The van der Waals surface area contributed by atoms with Crippen molar-refractivity contribution < 1.29 is 9.18 Å². The number of amides is 1. The van der Waals surface area contributed by atoms with Crippen LogP contribution in [-0.2, 0) is 4.79 Å². The molecule has 1 unspecified atom stereocenters. The van der Waals surface area contributed by atoms with Gasteiger partial charge in [-0.1, -0.05) is 6.07 Å². The lowest BCUT2D eigenvalue weighted by Crippen LogP contribution is -2.47. The van der Waals surface area contributed by atoms with Gasteiger partial charge < -0.3 is 10.6 Å². The summed E-state index contributed by atoms with van der Waals surface area (Å²) in [5, 5.41) is 5.89. The van der Waals surface area contributed by atoms with E-state index in [1.54, 1.807) is 6.07 Å². The van der Waals surface area contributed by atoms with Crippen LogP contribution >= 0.6 is 0 Å². The van der Waals surface area contributed by atoms with Gasteiger partial charge in [-0.2, -0.15) is 0 Å². The zero-order chi connectivity index (χ0) is 10.8. The van der Waals surface area contributed by atoms with Crippen LogP contribution in [0, 0.1) is 12.7 Å².